The number of halogens is 1. The number of carbonyl (C=O) groups excluding carboxylic acids is 2. The SMILES string of the molecule is CCNC(=O)C(C)NC(=O)c1ccc2c(c1)CCN2.Cl. The van der Waals surface area contributed by atoms with Crippen LogP contribution in [-0.4, -0.2) is 30.9 Å². The van der Waals surface area contributed by atoms with Gasteiger partial charge in [0.15, 0.2) is 0 Å². The Balaban J connectivity index is 0.00000200. The molecule has 0 bridgehead atoms. The van der Waals surface area contributed by atoms with E-state index in [9.17, 15) is 9.59 Å². The van der Waals surface area contributed by atoms with Gasteiger partial charge in [0.1, 0.15) is 6.04 Å². The van der Waals surface area contributed by atoms with E-state index in [4.69, 9.17) is 0 Å². The van der Waals surface area contributed by atoms with Gasteiger partial charge in [-0.15, -0.1) is 12.4 Å². The number of nitrogens with one attached hydrogen (secondary N) is 3. The molecule has 0 fully saturated rings. The first-order chi connectivity index (χ1) is 9.11. The van der Waals surface area contributed by atoms with Gasteiger partial charge in [0.2, 0.25) is 5.91 Å². The molecule has 5 nitrogen and oxygen atoms in total. The molecule has 0 aliphatic carbocycles. The summed E-state index contributed by atoms with van der Waals surface area (Å²) in [5, 5.41) is 8.63. The molecule has 1 aromatic rings. The van der Waals surface area contributed by atoms with Gasteiger partial charge in [0, 0.05) is 24.3 Å². The zero-order valence-electron chi connectivity index (χ0n) is 11.7. The lowest BCUT2D eigenvalue weighted by atomic mass is 10.1. The number of rotatable bonds is 4. The topological polar surface area (TPSA) is 70.2 Å². The standard InChI is InChI=1S/C14H19N3O2.ClH/c1-3-15-13(18)9(2)17-14(19)11-4-5-12-10(8-11)6-7-16-12;/h4-5,8-9,16H,3,6-7H2,1-2H3,(H,15,18)(H,17,19);1H. The first-order valence-electron chi connectivity index (χ1n) is 6.57. The molecule has 2 rings (SSSR count). The Morgan fingerprint density at radius 1 is 1.40 bits per heavy atom. The number of likely N-dealkylation sites (N-methyl/N-ethyl adjacent to an activating group) is 1. The molecule has 1 aliphatic rings. The maximum Gasteiger partial charge on any atom is 0.251 e. The van der Waals surface area contributed by atoms with Gasteiger partial charge < -0.3 is 16.0 Å². The second kappa shape index (κ2) is 7.14. The molecular weight excluding hydrogens is 278 g/mol. The summed E-state index contributed by atoms with van der Waals surface area (Å²) in [5.74, 6) is -0.382. The van der Waals surface area contributed by atoms with Gasteiger partial charge in [-0.2, -0.15) is 0 Å². The Morgan fingerprint density at radius 2 is 2.15 bits per heavy atom. The Kier molecular flexibility index (Phi) is 5.82. The smallest absolute Gasteiger partial charge is 0.251 e. The highest BCUT2D eigenvalue weighted by Crippen LogP contribution is 2.22. The zero-order chi connectivity index (χ0) is 13.8. The molecule has 0 radical (unpaired) electrons. The molecule has 0 saturated heterocycles. The Labute approximate surface area is 124 Å². The molecule has 1 aromatic carbocycles. The van der Waals surface area contributed by atoms with E-state index in [1.54, 1.807) is 13.0 Å². The largest absolute Gasteiger partial charge is 0.384 e. The van der Waals surface area contributed by atoms with E-state index in [-0.39, 0.29) is 24.2 Å². The average Bonchev–Trinajstić information content (AvgIpc) is 2.85. The van der Waals surface area contributed by atoms with Crippen LogP contribution in [0.4, 0.5) is 5.69 Å². The fourth-order valence-corrected chi connectivity index (χ4v) is 2.12. The second-order valence-corrected chi connectivity index (χ2v) is 4.64. The number of amides is 2. The number of fused-ring (bicyclic) bond motifs is 1. The zero-order valence-corrected chi connectivity index (χ0v) is 12.5. The van der Waals surface area contributed by atoms with Gasteiger partial charge in [-0.25, -0.2) is 0 Å². The van der Waals surface area contributed by atoms with Crippen molar-refractivity contribution in [3.05, 3.63) is 29.3 Å². The summed E-state index contributed by atoms with van der Waals surface area (Å²) in [4.78, 5) is 23.6. The molecule has 1 atom stereocenters. The highest BCUT2D eigenvalue weighted by Gasteiger charge is 2.17. The van der Waals surface area contributed by atoms with Crippen LogP contribution in [0.2, 0.25) is 0 Å². The number of anilines is 1. The molecular formula is C14H20ClN3O2. The monoisotopic (exact) mass is 297 g/mol. The predicted molar refractivity (Wildman–Crippen MR) is 81.5 cm³/mol. The molecule has 1 heterocycles. The van der Waals surface area contributed by atoms with E-state index in [0.717, 1.165) is 24.2 Å². The second-order valence-electron chi connectivity index (χ2n) is 4.64. The molecule has 1 unspecified atom stereocenters. The third-order valence-electron chi connectivity index (χ3n) is 3.17. The van der Waals surface area contributed by atoms with Crippen LogP contribution < -0.4 is 16.0 Å². The molecule has 0 spiro atoms. The van der Waals surface area contributed by atoms with Gasteiger partial charge in [0.25, 0.3) is 5.91 Å². The first kappa shape index (κ1) is 16.3. The van der Waals surface area contributed by atoms with Crippen molar-refractivity contribution in [3.63, 3.8) is 0 Å². The van der Waals surface area contributed by atoms with Crippen LogP contribution in [0.5, 0.6) is 0 Å². The summed E-state index contributed by atoms with van der Waals surface area (Å²) in [6.07, 6.45) is 0.933. The lowest BCUT2D eigenvalue weighted by Gasteiger charge is -2.13. The average molecular weight is 298 g/mol. The highest BCUT2D eigenvalue weighted by atomic mass is 35.5. The molecule has 110 valence electrons. The van der Waals surface area contributed by atoms with Crippen LogP contribution in [0.3, 0.4) is 0 Å². The van der Waals surface area contributed by atoms with E-state index in [2.05, 4.69) is 16.0 Å². The van der Waals surface area contributed by atoms with Crippen molar-refractivity contribution in [2.24, 2.45) is 0 Å². The van der Waals surface area contributed by atoms with Crippen LogP contribution in [0.25, 0.3) is 0 Å². The van der Waals surface area contributed by atoms with Crippen molar-refractivity contribution >= 4 is 29.9 Å². The fraction of sp³-hybridized carbons (Fsp3) is 0.429. The first-order valence-corrected chi connectivity index (χ1v) is 6.57. The lowest BCUT2D eigenvalue weighted by Crippen LogP contribution is -2.44. The normalized spacial score (nSPS) is 13.5. The summed E-state index contributed by atoms with van der Waals surface area (Å²) in [5.41, 5.74) is 2.84. The lowest BCUT2D eigenvalue weighted by molar-refractivity contribution is -0.122. The predicted octanol–water partition coefficient (Wildman–Crippen LogP) is 1.33. The van der Waals surface area contributed by atoms with E-state index in [0.29, 0.717) is 12.1 Å². The van der Waals surface area contributed by atoms with Gasteiger partial charge in [-0.1, -0.05) is 0 Å². The number of benzene rings is 1. The van der Waals surface area contributed by atoms with Crippen LogP contribution in [0, 0.1) is 0 Å². The van der Waals surface area contributed by atoms with E-state index in [1.165, 1.54) is 0 Å². The maximum atomic E-state index is 12.1. The summed E-state index contributed by atoms with van der Waals surface area (Å²) >= 11 is 0. The molecule has 2 amide bonds. The molecule has 3 N–H and O–H groups in total. The van der Waals surface area contributed by atoms with Gasteiger partial charge >= 0.3 is 0 Å². The van der Waals surface area contributed by atoms with Gasteiger partial charge in [-0.05, 0) is 44.0 Å². The summed E-state index contributed by atoms with van der Waals surface area (Å²) in [7, 11) is 0. The van der Waals surface area contributed by atoms with Gasteiger partial charge in [0.05, 0.1) is 0 Å². The van der Waals surface area contributed by atoms with Gasteiger partial charge in [-0.3, -0.25) is 9.59 Å². The van der Waals surface area contributed by atoms with Crippen LogP contribution >= 0.6 is 12.4 Å². The van der Waals surface area contributed by atoms with Crippen molar-refractivity contribution in [2.45, 2.75) is 26.3 Å². The summed E-state index contributed by atoms with van der Waals surface area (Å²) in [6.45, 7) is 5.00. The summed E-state index contributed by atoms with van der Waals surface area (Å²) < 4.78 is 0. The number of hydrogen-bond acceptors (Lipinski definition) is 3. The van der Waals surface area contributed by atoms with Crippen molar-refractivity contribution < 1.29 is 9.59 Å². The molecule has 0 saturated carbocycles. The minimum absolute atomic E-state index is 0. The number of hydrogen-bond donors (Lipinski definition) is 3. The molecule has 20 heavy (non-hydrogen) atoms. The Morgan fingerprint density at radius 3 is 2.85 bits per heavy atom. The third-order valence-corrected chi connectivity index (χ3v) is 3.17. The number of carbonyl (C=O) groups is 2. The quantitative estimate of drug-likeness (QED) is 0.785. The van der Waals surface area contributed by atoms with Crippen molar-refractivity contribution in [3.8, 4) is 0 Å². The molecule has 1 aliphatic heterocycles. The minimum atomic E-state index is -0.529. The van der Waals surface area contributed by atoms with E-state index < -0.39 is 6.04 Å². The molecule has 0 aromatic heterocycles. The maximum absolute atomic E-state index is 12.1. The fourth-order valence-electron chi connectivity index (χ4n) is 2.12. The van der Waals surface area contributed by atoms with Crippen LogP contribution in [0.1, 0.15) is 29.8 Å². The van der Waals surface area contributed by atoms with Crippen molar-refractivity contribution in [1.82, 2.24) is 10.6 Å². The van der Waals surface area contributed by atoms with E-state index in [1.807, 2.05) is 19.1 Å². The van der Waals surface area contributed by atoms with Crippen LogP contribution in [0.15, 0.2) is 18.2 Å². The van der Waals surface area contributed by atoms with Crippen LogP contribution in [-0.2, 0) is 11.2 Å². The third kappa shape index (κ3) is 3.63. The van der Waals surface area contributed by atoms with Crippen molar-refractivity contribution in [1.29, 1.82) is 0 Å². The Bertz CT molecular complexity index is 505. The summed E-state index contributed by atoms with van der Waals surface area (Å²) in [6, 6.07) is 5.04. The minimum Gasteiger partial charge on any atom is -0.384 e. The Hall–Kier alpha value is -1.75. The molecule has 6 heteroatoms. The highest BCUT2D eigenvalue weighted by molar-refractivity contribution is 5.98. The van der Waals surface area contributed by atoms with E-state index >= 15 is 0 Å². The van der Waals surface area contributed by atoms with Crippen molar-refractivity contribution in [2.75, 3.05) is 18.4 Å².